The number of anilines is 2. The molecule has 5 nitrogen and oxygen atoms in total. The molecule has 0 bridgehead atoms. The van der Waals surface area contributed by atoms with Gasteiger partial charge in [0.15, 0.2) is 0 Å². The summed E-state index contributed by atoms with van der Waals surface area (Å²) in [4.78, 5) is 31.3. The largest absolute Gasteiger partial charge is 0.316 e. The van der Waals surface area contributed by atoms with Crippen molar-refractivity contribution < 1.29 is 9.59 Å². The van der Waals surface area contributed by atoms with Gasteiger partial charge < -0.3 is 10.2 Å². The van der Waals surface area contributed by atoms with Crippen LogP contribution in [0.3, 0.4) is 0 Å². The molecule has 0 saturated carbocycles. The zero-order valence-electron chi connectivity index (χ0n) is 15.0. The first-order chi connectivity index (χ1) is 11.9. The van der Waals surface area contributed by atoms with Crippen LogP contribution in [0.25, 0.3) is 0 Å². The van der Waals surface area contributed by atoms with E-state index < -0.39 is 0 Å². The zero-order valence-corrected chi connectivity index (χ0v) is 15.9. The number of benzene rings is 1. The lowest BCUT2D eigenvalue weighted by molar-refractivity contribution is -0.122. The molecule has 1 aliphatic heterocycles. The zero-order chi connectivity index (χ0) is 18.1. The maximum absolute atomic E-state index is 12.6. The van der Waals surface area contributed by atoms with Crippen molar-refractivity contribution in [1.29, 1.82) is 0 Å². The van der Waals surface area contributed by atoms with E-state index in [0.717, 1.165) is 38.9 Å². The molecule has 1 aromatic heterocycles. The van der Waals surface area contributed by atoms with Crippen LogP contribution >= 0.6 is 11.3 Å². The Hall–Kier alpha value is -2.21. The van der Waals surface area contributed by atoms with E-state index in [1.54, 1.807) is 4.90 Å². The van der Waals surface area contributed by atoms with Crippen molar-refractivity contribution >= 4 is 33.8 Å². The summed E-state index contributed by atoms with van der Waals surface area (Å²) < 4.78 is 0. The highest BCUT2D eigenvalue weighted by atomic mass is 32.1. The summed E-state index contributed by atoms with van der Waals surface area (Å²) in [5.41, 5.74) is 3.97. The Kier molecular flexibility index (Phi) is 4.90. The van der Waals surface area contributed by atoms with Gasteiger partial charge in [-0.1, -0.05) is 19.1 Å². The molecule has 1 N–H and O–H groups in total. The molecular formula is C19H23N3O2S. The number of amides is 2. The molecule has 2 heterocycles. The third-order valence-electron chi connectivity index (χ3n) is 4.74. The predicted molar refractivity (Wildman–Crippen MR) is 101 cm³/mol. The Morgan fingerprint density at radius 3 is 2.80 bits per heavy atom. The highest BCUT2D eigenvalue weighted by molar-refractivity contribution is 7.16. The van der Waals surface area contributed by atoms with E-state index in [0.29, 0.717) is 6.54 Å². The minimum Gasteiger partial charge on any atom is -0.316 e. The van der Waals surface area contributed by atoms with Gasteiger partial charge in [-0.3, -0.25) is 9.59 Å². The molecule has 1 saturated heterocycles. The van der Waals surface area contributed by atoms with Crippen LogP contribution in [0.4, 0.5) is 10.7 Å². The molecule has 25 heavy (non-hydrogen) atoms. The van der Waals surface area contributed by atoms with E-state index in [-0.39, 0.29) is 24.2 Å². The van der Waals surface area contributed by atoms with E-state index in [1.165, 1.54) is 11.3 Å². The Labute approximate surface area is 152 Å². The molecule has 1 aromatic carbocycles. The second-order valence-electron chi connectivity index (χ2n) is 6.49. The van der Waals surface area contributed by atoms with E-state index in [2.05, 4.69) is 10.3 Å². The lowest BCUT2D eigenvalue weighted by Gasteiger charge is -2.20. The number of aryl methyl sites for hydroxylation is 3. The van der Waals surface area contributed by atoms with Crippen LogP contribution in [-0.2, 0) is 16.0 Å². The summed E-state index contributed by atoms with van der Waals surface area (Å²) in [6.45, 7) is 8.41. The summed E-state index contributed by atoms with van der Waals surface area (Å²) in [6, 6.07) is 5.92. The molecule has 6 heteroatoms. The van der Waals surface area contributed by atoms with Crippen molar-refractivity contribution in [3.63, 3.8) is 0 Å². The van der Waals surface area contributed by atoms with Crippen LogP contribution in [0.2, 0.25) is 0 Å². The minimum absolute atomic E-state index is 0.00382. The van der Waals surface area contributed by atoms with Crippen molar-refractivity contribution in [1.82, 2.24) is 4.98 Å². The van der Waals surface area contributed by atoms with E-state index in [4.69, 9.17) is 0 Å². The van der Waals surface area contributed by atoms with Crippen molar-refractivity contribution in [2.45, 2.75) is 40.5 Å². The van der Waals surface area contributed by atoms with Gasteiger partial charge >= 0.3 is 0 Å². The maximum atomic E-state index is 12.6. The Bertz CT molecular complexity index is 828. The van der Waals surface area contributed by atoms with E-state index >= 15 is 0 Å². The number of hydrogen-bond acceptors (Lipinski definition) is 4. The predicted octanol–water partition coefficient (Wildman–Crippen LogP) is 3.62. The quantitative estimate of drug-likeness (QED) is 0.909. The Morgan fingerprint density at radius 2 is 2.12 bits per heavy atom. The monoisotopic (exact) mass is 357 g/mol. The summed E-state index contributed by atoms with van der Waals surface area (Å²) in [5, 5.41) is 4.76. The fraction of sp³-hybridized carbons (Fsp3) is 0.421. The average molecular weight is 357 g/mol. The Morgan fingerprint density at radius 1 is 1.36 bits per heavy atom. The fourth-order valence-corrected chi connectivity index (χ4v) is 3.99. The molecule has 1 fully saturated rings. The third kappa shape index (κ3) is 3.44. The maximum Gasteiger partial charge on any atom is 0.230 e. The minimum atomic E-state index is -0.334. The van der Waals surface area contributed by atoms with Gasteiger partial charge in [0.2, 0.25) is 11.8 Å². The summed E-state index contributed by atoms with van der Waals surface area (Å²) in [6.07, 6.45) is 1.10. The highest BCUT2D eigenvalue weighted by Crippen LogP contribution is 2.31. The fourth-order valence-electron chi connectivity index (χ4n) is 3.08. The van der Waals surface area contributed by atoms with Crippen LogP contribution < -0.4 is 10.2 Å². The number of thiazole rings is 1. The van der Waals surface area contributed by atoms with Crippen molar-refractivity contribution in [3.05, 3.63) is 40.0 Å². The van der Waals surface area contributed by atoms with Crippen LogP contribution in [0.1, 0.15) is 35.2 Å². The second-order valence-corrected chi connectivity index (χ2v) is 7.57. The van der Waals surface area contributed by atoms with Gasteiger partial charge in [-0.2, -0.15) is 0 Å². The summed E-state index contributed by atoms with van der Waals surface area (Å²) >= 11 is 1.51. The highest BCUT2D eigenvalue weighted by Gasteiger charge is 2.36. The van der Waals surface area contributed by atoms with Crippen LogP contribution in [0, 0.1) is 26.7 Å². The lowest BCUT2D eigenvalue weighted by Crippen LogP contribution is -2.28. The Balaban J connectivity index is 1.74. The smallest absolute Gasteiger partial charge is 0.230 e. The molecule has 0 radical (unpaired) electrons. The molecule has 2 aromatic rings. The first-order valence-electron chi connectivity index (χ1n) is 8.54. The van der Waals surface area contributed by atoms with Gasteiger partial charge in [-0.05, 0) is 44.4 Å². The van der Waals surface area contributed by atoms with Gasteiger partial charge in [0, 0.05) is 18.7 Å². The topological polar surface area (TPSA) is 62.3 Å². The SMILES string of the molecule is CCc1nc(C)c(NC(=O)C2CC(=O)N(c3cccc(C)c3C)C2)s1. The molecule has 3 rings (SSSR count). The standard InChI is InChI=1S/C19H23N3O2S/c1-5-16-20-13(4)19(25-16)21-18(24)14-9-17(23)22(10-14)15-8-6-7-11(2)12(15)3/h6-8,14H,5,9-10H2,1-4H3,(H,21,24). The number of carbonyl (C=O) groups is 2. The molecule has 132 valence electrons. The van der Waals surface area contributed by atoms with E-state index in [9.17, 15) is 9.59 Å². The second kappa shape index (κ2) is 6.96. The molecule has 1 atom stereocenters. The van der Waals surface area contributed by atoms with Crippen molar-refractivity contribution in [3.8, 4) is 0 Å². The lowest BCUT2D eigenvalue weighted by atomic mass is 10.1. The van der Waals surface area contributed by atoms with Gasteiger partial charge in [0.25, 0.3) is 0 Å². The molecule has 0 aliphatic carbocycles. The van der Waals surface area contributed by atoms with Gasteiger partial charge in [-0.25, -0.2) is 4.98 Å². The third-order valence-corrected chi connectivity index (χ3v) is 5.96. The number of hydrogen-bond donors (Lipinski definition) is 1. The number of nitrogens with zero attached hydrogens (tertiary/aromatic N) is 2. The molecular weight excluding hydrogens is 334 g/mol. The van der Waals surface area contributed by atoms with Crippen molar-refractivity contribution in [2.75, 3.05) is 16.8 Å². The number of carbonyl (C=O) groups excluding carboxylic acids is 2. The van der Waals surface area contributed by atoms with Gasteiger partial charge in [-0.15, -0.1) is 11.3 Å². The average Bonchev–Trinajstić information content (AvgIpc) is 3.13. The molecule has 0 spiro atoms. The van der Waals surface area contributed by atoms with Crippen LogP contribution in [-0.4, -0.2) is 23.3 Å². The van der Waals surface area contributed by atoms with Crippen LogP contribution in [0.5, 0.6) is 0 Å². The summed E-state index contributed by atoms with van der Waals surface area (Å²) in [7, 11) is 0. The first-order valence-corrected chi connectivity index (χ1v) is 9.36. The molecule has 1 aliphatic rings. The number of nitrogens with one attached hydrogen (secondary N) is 1. The number of aromatic nitrogens is 1. The van der Waals surface area contributed by atoms with Gasteiger partial charge in [0.05, 0.1) is 16.6 Å². The first kappa shape index (κ1) is 17.6. The molecule has 1 unspecified atom stereocenters. The van der Waals surface area contributed by atoms with Crippen molar-refractivity contribution in [2.24, 2.45) is 5.92 Å². The van der Waals surface area contributed by atoms with Crippen LogP contribution in [0.15, 0.2) is 18.2 Å². The van der Waals surface area contributed by atoms with Gasteiger partial charge in [0.1, 0.15) is 5.00 Å². The normalized spacial score (nSPS) is 17.2. The summed E-state index contributed by atoms with van der Waals surface area (Å²) in [5.74, 6) is -0.432. The van der Waals surface area contributed by atoms with E-state index in [1.807, 2.05) is 45.9 Å². The molecule has 2 amide bonds. The number of rotatable bonds is 4.